The molecule has 27 heavy (non-hydrogen) atoms. The molecule has 0 spiro atoms. The van der Waals surface area contributed by atoms with E-state index in [-0.39, 0.29) is 12.1 Å². The molecule has 8 heteroatoms. The van der Waals surface area contributed by atoms with Crippen molar-refractivity contribution in [1.29, 1.82) is 0 Å². The summed E-state index contributed by atoms with van der Waals surface area (Å²) >= 11 is 0. The average molecular weight is 370 g/mol. The number of hydrogen-bond acceptors (Lipinski definition) is 7. The third-order valence-electron chi connectivity index (χ3n) is 5.15. The van der Waals surface area contributed by atoms with Crippen LogP contribution in [-0.2, 0) is 6.42 Å². The first-order chi connectivity index (χ1) is 13.0. The number of nitrogens with zero attached hydrogens (tertiary/aromatic N) is 2. The van der Waals surface area contributed by atoms with Crippen LogP contribution in [0, 0.1) is 5.92 Å². The molecule has 4 rings (SSSR count). The molecule has 142 valence electrons. The number of quaternary nitrogens is 1. The Morgan fingerprint density at radius 2 is 2.04 bits per heavy atom. The standard InChI is InChI=1S/C19H23N5O3/c1-25-15-6-9(5-10-8-23-19(22)24-18(10)21)11-3-4-14(12-7-13(12)20)27-16(11)17(15)26-2/h3-4,6,8,12-14H,5,7,20H2,1-2H3,(H4,21,22,23,24)/p+1. The van der Waals surface area contributed by atoms with Crippen LogP contribution in [0.25, 0.3) is 6.08 Å². The number of ether oxygens (including phenoxy) is 3. The number of fused-ring (bicyclic) bond motifs is 1. The topological polar surface area (TPSA) is 133 Å². The van der Waals surface area contributed by atoms with Crippen molar-refractivity contribution in [2.45, 2.75) is 25.0 Å². The van der Waals surface area contributed by atoms with Gasteiger partial charge >= 0.3 is 0 Å². The van der Waals surface area contributed by atoms with Crippen molar-refractivity contribution in [2.24, 2.45) is 5.92 Å². The second-order valence-electron chi connectivity index (χ2n) is 6.93. The number of nitrogens with two attached hydrogens (primary N) is 2. The van der Waals surface area contributed by atoms with Gasteiger partial charge in [0.2, 0.25) is 11.7 Å². The van der Waals surface area contributed by atoms with E-state index in [4.69, 9.17) is 25.7 Å². The van der Waals surface area contributed by atoms with Gasteiger partial charge in [-0.05, 0) is 17.7 Å². The third kappa shape index (κ3) is 3.12. The lowest BCUT2D eigenvalue weighted by atomic mass is 9.96. The first kappa shape index (κ1) is 17.4. The highest BCUT2D eigenvalue weighted by Gasteiger charge is 2.46. The van der Waals surface area contributed by atoms with Crippen molar-refractivity contribution in [2.75, 3.05) is 25.7 Å². The summed E-state index contributed by atoms with van der Waals surface area (Å²) in [5.41, 5.74) is 18.5. The monoisotopic (exact) mass is 370 g/mol. The van der Waals surface area contributed by atoms with Crippen molar-refractivity contribution in [3.63, 3.8) is 0 Å². The van der Waals surface area contributed by atoms with Gasteiger partial charge < -0.3 is 31.4 Å². The van der Waals surface area contributed by atoms with Gasteiger partial charge in [0.15, 0.2) is 11.5 Å². The molecule has 0 amide bonds. The summed E-state index contributed by atoms with van der Waals surface area (Å²) < 4.78 is 17.4. The first-order valence-electron chi connectivity index (χ1n) is 8.84. The highest BCUT2D eigenvalue weighted by molar-refractivity contribution is 5.72. The van der Waals surface area contributed by atoms with Gasteiger partial charge in [0.25, 0.3) is 0 Å². The summed E-state index contributed by atoms with van der Waals surface area (Å²) in [6, 6.07) is 2.37. The van der Waals surface area contributed by atoms with E-state index in [1.165, 1.54) is 0 Å². The van der Waals surface area contributed by atoms with Crippen molar-refractivity contribution in [3.8, 4) is 17.2 Å². The minimum absolute atomic E-state index is 0.00113. The lowest BCUT2D eigenvalue weighted by Gasteiger charge is -2.26. The van der Waals surface area contributed by atoms with Crippen LogP contribution in [0.5, 0.6) is 17.2 Å². The van der Waals surface area contributed by atoms with Crippen molar-refractivity contribution < 1.29 is 19.9 Å². The molecule has 2 aliphatic rings. The van der Waals surface area contributed by atoms with Gasteiger partial charge in [-0.2, -0.15) is 4.98 Å². The Labute approximate surface area is 157 Å². The summed E-state index contributed by atoms with van der Waals surface area (Å²) in [6.45, 7) is 0. The molecule has 2 heterocycles. The maximum absolute atomic E-state index is 6.30. The molecule has 1 fully saturated rings. The van der Waals surface area contributed by atoms with Gasteiger partial charge in [-0.1, -0.05) is 6.08 Å². The predicted octanol–water partition coefficient (Wildman–Crippen LogP) is 0.654. The number of rotatable bonds is 5. The Bertz CT molecular complexity index is 915. The Hall–Kier alpha value is -3.00. The molecule has 1 aromatic heterocycles. The van der Waals surface area contributed by atoms with Crippen LogP contribution in [0.4, 0.5) is 11.8 Å². The molecule has 0 radical (unpaired) electrons. The summed E-state index contributed by atoms with van der Waals surface area (Å²) in [7, 11) is 3.22. The smallest absolute Gasteiger partial charge is 0.221 e. The molecule has 1 aliphatic carbocycles. The number of methoxy groups -OCH3 is 2. The number of anilines is 2. The van der Waals surface area contributed by atoms with Gasteiger partial charge in [0.05, 0.1) is 26.2 Å². The van der Waals surface area contributed by atoms with E-state index in [0.29, 0.717) is 41.4 Å². The SMILES string of the molecule is COc1cc(Cc2cnc(N)nc2N)c2c(c1OC)OC(C1CC1[NH3+])C=C2. The van der Waals surface area contributed by atoms with Crippen LogP contribution < -0.4 is 31.4 Å². The average Bonchev–Trinajstić information content (AvgIpc) is 3.39. The maximum Gasteiger partial charge on any atom is 0.221 e. The third-order valence-corrected chi connectivity index (χ3v) is 5.15. The van der Waals surface area contributed by atoms with Crippen molar-refractivity contribution in [3.05, 3.63) is 35.0 Å². The summed E-state index contributed by atoms with van der Waals surface area (Å²) in [5.74, 6) is 2.85. The largest absolute Gasteiger partial charge is 0.493 e. The molecular weight excluding hydrogens is 346 g/mol. The molecule has 0 saturated heterocycles. The van der Waals surface area contributed by atoms with Gasteiger partial charge in [0.1, 0.15) is 11.9 Å². The zero-order valence-electron chi connectivity index (χ0n) is 15.4. The lowest BCUT2D eigenvalue weighted by Crippen LogP contribution is -2.54. The number of hydrogen-bond donors (Lipinski definition) is 3. The molecule has 1 aliphatic heterocycles. The van der Waals surface area contributed by atoms with E-state index < -0.39 is 0 Å². The first-order valence-corrected chi connectivity index (χ1v) is 8.84. The molecule has 1 saturated carbocycles. The highest BCUT2D eigenvalue weighted by Crippen LogP contribution is 2.47. The van der Waals surface area contributed by atoms with Crippen molar-refractivity contribution in [1.82, 2.24) is 9.97 Å². The van der Waals surface area contributed by atoms with Crippen LogP contribution >= 0.6 is 0 Å². The van der Waals surface area contributed by atoms with E-state index in [1.807, 2.05) is 6.07 Å². The fourth-order valence-electron chi connectivity index (χ4n) is 3.52. The predicted molar refractivity (Wildman–Crippen MR) is 101 cm³/mol. The zero-order valence-corrected chi connectivity index (χ0v) is 15.4. The summed E-state index contributed by atoms with van der Waals surface area (Å²) in [4.78, 5) is 8.09. The van der Waals surface area contributed by atoms with E-state index in [0.717, 1.165) is 23.1 Å². The fourth-order valence-corrected chi connectivity index (χ4v) is 3.52. The van der Waals surface area contributed by atoms with Crippen LogP contribution in [0.1, 0.15) is 23.1 Å². The molecular formula is C19H24N5O3+. The van der Waals surface area contributed by atoms with Crippen molar-refractivity contribution >= 4 is 17.8 Å². The summed E-state index contributed by atoms with van der Waals surface area (Å²) in [6.07, 6.45) is 7.42. The molecule has 0 bridgehead atoms. The zero-order chi connectivity index (χ0) is 19.1. The molecule has 3 atom stereocenters. The number of nitrogen functional groups attached to an aromatic ring is 2. The van der Waals surface area contributed by atoms with Gasteiger partial charge in [-0.15, -0.1) is 0 Å². The molecule has 3 unspecified atom stereocenters. The fraction of sp³-hybridized carbons (Fsp3) is 0.368. The molecule has 7 N–H and O–H groups in total. The van der Waals surface area contributed by atoms with E-state index in [9.17, 15) is 0 Å². The molecule has 8 nitrogen and oxygen atoms in total. The second kappa shape index (κ2) is 6.62. The summed E-state index contributed by atoms with van der Waals surface area (Å²) in [5, 5.41) is 0. The van der Waals surface area contributed by atoms with Crippen LogP contribution in [0.3, 0.4) is 0 Å². The van der Waals surface area contributed by atoms with Gasteiger partial charge in [0, 0.05) is 30.2 Å². The number of aromatic nitrogens is 2. The normalized spacial score (nSPS) is 22.7. The number of benzene rings is 1. The lowest BCUT2D eigenvalue weighted by molar-refractivity contribution is -0.390. The Morgan fingerprint density at radius 3 is 2.67 bits per heavy atom. The van der Waals surface area contributed by atoms with Gasteiger partial charge in [-0.3, -0.25) is 0 Å². The minimum Gasteiger partial charge on any atom is -0.493 e. The quantitative estimate of drug-likeness (QED) is 0.704. The Kier molecular flexibility index (Phi) is 4.27. The van der Waals surface area contributed by atoms with Crippen LogP contribution in [-0.4, -0.2) is 36.3 Å². The molecule has 2 aromatic rings. The molecule has 1 aromatic carbocycles. The maximum atomic E-state index is 6.30. The van der Waals surface area contributed by atoms with E-state index in [1.54, 1.807) is 20.4 Å². The van der Waals surface area contributed by atoms with Gasteiger partial charge in [-0.25, -0.2) is 4.98 Å². The van der Waals surface area contributed by atoms with Crippen LogP contribution in [0.2, 0.25) is 0 Å². The Morgan fingerprint density at radius 1 is 1.26 bits per heavy atom. The highest BCUT2D eigenvalue weighted by atomic mass is 16.5. The Balaban J connectivity index is 1.76. The van der Waals surface area contributed by atoms with Crippen LogP contribution in [0.15, 0.2) is 18.3 Å². The van der Waals surface area contributed by atoms with E-state index in [2.05, 4.69) is 27.9 Å². The second-order valence-corrected chi connectivity index (χ2v) is 6.93. The van der Waals surface area contributed by atoms with E-state index >= 15 is 0 Å². The minimum atomic E-state index is -0.00113.